The standard InChI is InChI=1S/C8H6O2S2/c9-7(11)5-3-1-2-4-6(5)8(10)12/h1-4H,(H,9,11)(H,10,12)/p-2. The lowest BCUT2D eigenvalue weighted by Crippen LogP contribution is -2.04. The molecule has 0 saturated carbocycles. The lowest BCUT2D eigenvalue weighted by molar-refractivity contribution is 0.106. The van der Waals surface area contributed by atoms with Gasteiger partial charge in [0.25, 0.3) is 0 Å². The number of hydrogen-bond donors (Lipinski definition) is 0. The van der Waals surface area contributed by atoms with Gasteiger partial charge in [-0.15, -0.1) is 0 Å². The Morgan fingerprint density at radius 1 is 0.917 bits per heavy atom. The molecule has 0 radical (unpaired) electrons. The number of rotatable bonds is 2. The van der Waals surface area contributed by atoms with E-state index in [2.05, 4.69) is 25.3 Å². The average molecular weight is 196 g/mol. The van der Waals surface area contributed by atoms with Gasteiger partial charge in [0, 0.05) is 21.4 Å². The Labute approximate surface area is 80.8 Å². The molecule has 0 aliphatic heterocycles. The third kappa shape index (κ3) is 1.78. The lowest BCUT2D eigenvalue weighted by atomic mass is 10.1. The third-order valence-corrected chi connectivity index (χ3v) is 1.81. The van der Waals surface area contributed by atoms with Crippen LogP contribution in [0.5, 0.6) is 0 Å². The van der Waals surface area contributed by atoms with Gasteiger partial charge in [0.05, 0.1) is 0 Å². The molecule has 1 rings (SSSR count). The van der Waals surface area contributed by atoms with E-state index >= 15 is 0 Å². The van der Waals surface area contributed by atoms with Gasteiger partial charge in [-0.05, 0) is 0 Å². The molecule has 0 saturated heterocycles. The van der Waals surface area contributed by atoms with Crippen LogP contribution in [0.15, 0.2) is 24.3 Å². The summed E-state index contributed by atoms with van der Waals surface area (Å²) in [6.07, 6.45) is 0. The van der Waals surface area contributed by atoms with Crippen LogP contribution in [0, 0.1) is 0 Å². The summed E-state index contributed by atoms with van der Waals surface area (Å²) < 4.78 is 0. The van der Waals surface area contributed by atoms with E-state index in [1.54, 1.807) is 12.1 Å². The molecule has 0 fully saturated rings. The van der Waals surface area contributed by atoms with Gasteiger partial charge in [0.1, 0.15) is 0 Å². The van der Waals surface area contributed by atoms with Gasteiger partial charge in [0.2, 0.25) is 0 Å². The van der Waals surface area contributed by atoms with Crippen molar-refractivity contribution in [1.29, 1.82) is 0 Å². The summed E-state index contributed by atoms with van der Waals surface area (Å²) in [7, 11) is 0. The van der Waals surface area contributed by atoms with Crippen LogP contribution >= 0.6 is 0 Å². The number of benzene rings is 1. The smallest absolute Gasteiger partial charge is 0.0428 e. The Morgan fingerprint density at radius 3 is 1.50 bits per heavy atom. The van der Waals surface area contributed by atoms with Crippen LogP contribution in [0.25, 0.3) is 0 Å². The van der Waals surface area contributed by atoms with Gasteiger partial charge in [0.15, 0.2) is 0 Å². The van der Waals surface area contributed by atoms with E-state index in [1.807, 2.05) is 0 Å². The van der Waals surface area contributed by atoms with Gasteiger partial charge < -0.3 is 34.8 Å². The Kier molecular flexibility index (Phi) is 2.73. The third-order valence-electron chi connectivity index (χ3n) is 1.37. The zero-order valence-corrected chi connectivity index (χ0v) is 7.58. The molecule has 0 bridgehead atoms. The summed E-state index contributed by atoms with van der Waals surface area (Å²) in [5.41, 5.74) is 0.431. The van der Waals surface area contributed by atoms with Crippen molar-refractivity contribution < 1.29 is 9.59 Å². The van der Waals surface area contributed by atoms with Crippen molar-refractivity contribution in [2.75, 3.05) is 0 Å². The second-order valence-electron chi connectivity index (χ2n) is 2.12. The minimum Gasteiger partial charge on any atom is -0.737 e. The zero-order chi connectivity index (χ0) is 9.14. The van der Waals surface area contributed by atoms with E-state index in [0.717, 1.165) is 0 Å². The Bertz CT molecular complexity index is 301. The maximum Gasteiger partial charge on any atom is 0.0428 e. The van der Waals surface area contributed by atoms with Gasteiger partial charge in [-0.25, -0.2) is 0 Å². The quantitative estimate of drug-likeness (QED) is 0.662. The summed E-state index contributed by atoms with van der Waals surface area (Å²) in [5, 5.41) is -1.10. The monoisotopic (exact) mass is 196 g/mol. The van der Waals surface area contributed by atoms with Crippen LogP contribution in [0.3, 0.4) is 0 Å². The summed E-state index contributed by atoms with van der Waals surface area (Å²) >= 11 is 8.83. The molecule has 4 heteroatoms. The van der Waals surface area contributed by atoms with Gasteiger partial charge in [-0.2, -0.15) is 0 Å². The minimum atomic E-state index is -0.552. The van der Waals surface area contributed by atoms with Gasteiger partial charge in [-0.3, -0.25) is 0 Å². The second kappa shape index (κ2) is 3.60. The van der Waals surface area contributed by atoms with Gasteiger partial charge in [-0.1, -0.05) is 24.3 Å². The first-order valence-corrected chi connectivity index (χ1v) is 3.96. The highest BCUT2D eigenvalue weighted by molar-refractivity contribution is 7.78. The normalized spacial score (nSPS) is 9.33. The number of carbonyl (C=O) groups is 2. The molecule has 0 N–H and O–H groups in total. The van der Waals surface area contributed by atoms with Crippen molar-refractivity contribution in [1.82, 2.24) is 0 Å². The highest BCUT2D eigenvalue weighted by Crippen LogP contribution is 2.08. The molecule has 0 heterocycles. The fourth-order valence-electron chi connectivity index (χ4n) is 0.839. The molecule has 0 atom stereocenters. The van der Waals surface area contributed by atoms with Crippen molar-refractivity contribution in [3.63, 3.8) is 0 Å². The highest BCUT2D eigenvalue weighted by Gasteiger charge is 2.00. The molecular formula is C8H4O2S2-2. The van der Waals surface area contributed by atoms with Crippen LogP contribution < -0.4 is 0 Å². The van der Waals surface area contributed by atoms with Crippen LogP contribution in [0.4, 0.5) is 0 Å². The SMILES string of the molecule is O=C([S-])c1ccccc1C(=O)[S-]. The molecule has 0 aliphatic carbocycles. The minimum absolute atomic E-state index is 0.215. The molecule has 0 aromatic heterocycles. The summed E-state index contributed by atoms with van der Waals surface area (Å²) in [5.74, 6) is 0. The van der Waals surface area contributed by atoms with E-state index in [-0.39, 0.29) is 11.1 Å². The van der Waals surface area contributed by atoms with Crippen LogP contribution in [-0.2, 0) is 25.3 Å². The molecule has 1 aromatic rings. The maximum absolute atomic E-state index is 10.8. The van der Waals surface area contributed by atoms with Crippen molar-refractivity contribution in [3.8, 4) is 0 Å². The van der Waals surface area contributed by atoms with Gasteiger partial charge >= 0.3 is 0 Å². The summed E-state index contributed by atoms with van der Waals surface area (Å²) in [6, 6.07) is 6.27. The van der Waals surface area contributed by atoms with E-state index in [9.17, 15) is 9.59 Å². The van der Waals surface area contributed by atoms with E-state index in [4.69, 9.17) is 0 Å². The molecule has 0 spiro atoms. The van der Waals surface area contributed by atoms with Crippen LogP contribution in [0.2, 0.25) is 0 Å². The molecule has 12 heavy (non-hydrogen) atoms. The van der Waals surface area contributed by atoms with E-state index < -0.39 is 10.2 Å². The number of hydrogen-bond acceptors (Lipinski definition) is 4. The topological polar surface area (TPSA) is 34.1 Å². The molecular weight excluding hydrogens is 192 g/mol. The number of carbonyl (C=O) groups excluding carboxylic acids is 2. The van der Waals surface area contributed by atoms with Crippen molar-refractivity contribution in [2.45, 2.75) is 0 Å². The lowest BCUT2D eigenvalue weighted by Gasteiger charge is -2.11. The summed E-state index contributed by atoms with van der Waals surface area (Å²) in [6.45, 7) is 0. The molecule has 62 valence electrons. The van der Waals surface area contributed by atoms with Crippen LogP contribution in [0.1, 0.15) is 20.7 Å². The fourth-order valence-corrected chi connectivity index (χ4v) is 1.20. The second-order valence-corrected chi connectivity index (χ2v) is 2.86. The van der Waals surface area contributed by atoms with E-state index in [1.165, 1.54) is 12.1 Å². The molecule has 0 amide bonds. The largest absolute Gasteiger partial charge is 0.737 e. The Hall–Kier alpha value is -1.00. The zero-order valence-electron chi connectivity index (χ0n) is 5.94. The highest BCUT2D eigenvalue weighted by atomic mass is 32.1. The molecule has 1 aromatic carbocycles. The molecule has 0 unspecified atom stereocenters. The first kappa shape index (κ1) is 9.09. The Morgan fingerprint density at radius 2 is 1.25 bits per heavy atom. The van der Waals surface area contributed by atoms with Crippen molar-refractivity contribution >= 4 is 35.5 Å². The van der Waals surface area contributed by atoms with Crippen molar-refractivity contribution in [2.24, 2.45) is 0 Å². The first-order valence-electron chi connectivity index (χ1n) is 3.14. The first-order chi connectivity index (χ1) is 5.63. The average Bonchev–Trinajstić information content (AvgIpc) is 2.04. The van der Waals surface area contributed by atoms with Crippen molar-refractivity contribution in [3.05, 3.63) is 35.4 Å². The predicted octanol–water partition coefficient (Wildman–Crippen LogP) is 1.06. The van der Waals surface area contributed by atoms with E-state index in [0.29, 0.717) is 0 Å². The maximum atomic E-state index is 10.8. The predicted molar refractivity (Wildman–Crippen MR) is 49.8 cm³/mol. The fraction of sp³-hybridized carbons (Fsp3) is 0. The van der Waals surface area contributed by atoms with Crippen LogP contribution in [-0.4, -0.2) is 10.2 Å². The summed E-state index contributed by atoms with van der Waals surface area (Å²) in [4.78, 5) is 21.6. The molecule has 2 nitrogen and oxygen atoms in total. The molecule has 0 aliphatic rings. The Balaban J connectivity index is 3.27.